The Hall–Kier alpha value is -2.48. The van der Waals surface area contributed by atoms with Gasteiger partial charge in [0.15, 0.2) is 0 Å². The average molecular weight is 292 g/mol. The maximum Gasteiger partial charge on any atom is 0.137 e. The highest BCUT2D eigenvalue weighted by atomic mass is 16.1. The predicted octanol–water partition coefficient (Wildman–Crippen LogP) is 4.40. The van der Waals surface area contributed by atoms with E-state index in [1.807, 2.05) is 0 Å². The third-order valence-electron chi connectivity index (χ3n) is 3.46. The molecule has 2 aromatic carbocycles. The summed E-state index contributed by atoms with van der Waals surface area (Å²) in [5.74, 6) is 0.322. The molecule has 0 spiro atoms. The lowest BCUT2D eigenvalue weighted by molar-refractivity contribution is -0.124. The molecule has 0 amide bonds. The lowest BCUT2D eigenvalue weighted by Gasteiger charge is -2.10. The molecule has 0 heterocycles. The largest absolute Gasteiger partial charge is 0.300 e. The van der Waals surface area contributed by atoms with Crippen LogP contribution < -0.4 is 0 Å². The van der Waals surface area contributed by atoms with E-state index in [0.717, 1.165) is 0 Å². The molecule has 0 radical (unpaired) electrons. The van der Waals surface area contributed by atoms with Crippen molar-refractivity contribution in [3.05, 3.63) is 77.4 Å². The first-order valence-electron chi connectivity index (χ1n) is 7.39. The zero-order valence-electron chi connectivity index (χ0n) is 13.0. The summed E-state index contributed by atoms with van der Waals surface area (Å²) >= 11 is 0. The van der Waals surface area contributed by atoms with Gasteiger partial charge in [0.05, 0.1) is 6.42 Å². The van der Waals surface area contributed by atoms with Crippen LogP contribution in [0.5, 0.6) is 0 Å². The molecular weight excluding hydrogens is 272 g/mol. The maximum atomic E-state index is 10.0. The summed E-state index contributed by atoms with van der Waals surface area (Å²) in [5, 5.41) is 0. The molecule has 2 nitrogen and oxygen atoms in total. The van der Waals surface area contributed by atoms with E-state index in [1.165, 1.54) is 30.5 Å². The Morgan fingerprint density at radius 2 is 1.45 bits per heavy atom. The highest BCUT2D eigenvalue weighted by molar-refractivity contribution is 5.96. The Kier molecular flexibility index (Phi) is 5.42. The second-order valence-electron chi connectivity index (χ2n) is 5.46. The van der Waals surface area contributed by atoms with Crippen LogP contribution in [-0.2, 0) is 9.59 Å². The standard InChI is InChI=1S/C15H12.C5H8O2/c1-2-6-12(7-3-1)15-11-10-13-8-4-5-9-14(13)15;1-4(6)3-5(2)7/h1-11,15H;3H2,1-2H3. The molecule has 1 aliphatic rings. The van der Waals surface area contributed by atoms with Gasteiger partial charge < -0.3 is 0 Å². The fraction of sp³-hybridized carbons (Fsp3) is 0.200. The average Bonchev–Trinajstić information content (AvgIpc) is 2.91. The number of fused-ring (bicyclic) bond motifs is 1. The number of carbonyl (C=O) groups is 2. The van der Waals surface area contributed by atoms with Crippen LogP contribution >= 0.6 is 0 Å². The lowest BCUT2D eigenvalue weighted by atomic mass is 9.93. The minimum Gasteiger partial charge on any atom is -0.300 e. The first kappa shape index (κ1) is 15.9. The van der Waals surface area contributed by atoms with Crippen LogP contribution in [0, 0.1) is 0 Å². The van der Waals surface area contributed by atoms with E-state index in [2.05, 4.69) is 66.7 Å². The number of rotatable bonds is 3. The molecule has 0 aromatic heterocycles. The topological polar surface area (TPSA) is 34.1 Å². The molecule has 0 bridgehead atoms. The van der Waals surface area contributed by atoms with Crippen LogP contribution in [0.3, 0.4) is 0 Å². The van der Waals surface area contributed by atoms with Gasteiger partial charge in [0.25, 0.3) is 0 Å². The Labute approximate surface area is 131 Å². The smallest absolute Gasteiger partial charge is 0.137 e. The number of allylic oxidation sites excluding steroid dienone is 1. The third-order valence-corrected chi connectivity index (χ3v) is 3.46. The molecule has 0 aliphatic heterocycles. The number of carbonyl (C=O) groups excluding carboxylic acids is 2. The SMILES string of the molecule is C1=CC(c2ccccc2)c2ccccc21.CC(=O)CC(C)=O. The van der Waals surface area contributed by atoms with E-state index in [4.69, 9.17) is 0 Å². The molecule has 2 aromatic rings. The first-order chi connectivity index (χ1) is 10.6. The molecule has 0 N–H and O–H groups in total. The van der Waals surface area contributed by atoms with Crippen molar-refractivity contribution in [2.75, 3.05) is 0 Å². The summed E-state index contributed by atoms with van der Waals surface area (Å²) in [6.45, 7) is 2.81. The predicted molar refractivity (Wildman–Crippen MR) is 89.7 cm³/mol. The number of hydrogen-bond donors (Lipinski definition) is 0. The summed E-state index contributed by atoms with van der Waals surface area (Å²) < 4.78 is 0. The fourth-order valence-corrected chi connectivity index (χ4v) is 2.55. The second-order valence-corrected chi connectivity index (χ2v) is 5.46. The van der Waals surface area contributed by atoms with E-state index >= 15 is 0 Å². The minimum atomic E-state index is -0.0625. The van der Waals surface area contributed by atoms with Gasteiger partial charge in [-0.25, -0.2) is 0 Å². The minimum absolute atomic E-state index is 0.0625. The van der Waals surface area contributed by atoms with Crippen LogP contribution in [0.1, 0.15) is 42.9 Å². The molecule has 0 fully saturated rings. The first-order valence-corrected chi connectivity index (χ1v) is 7.39. The number of hydrogen-bond acceptors (Lipinski definition) is 2. The van der Waals surface area contributed by atoms with Crippen molar-refractivity contribution in [1.82, 2.24) is 0 Å². The molecule has 1 unspecified atom stereocenters. The van der Waals surface area contributed by atoms with Gasteiger partial charge in [-0.1, -0.05) is 66.7 Å². The molecule has 112 valence electrons. The van der Waals surface area contributed by atoms with Crippen LogP contribution in [-0.4, -0.2) is 11.6 Å². The molecule has 22 heavy (non-hydrogen) atoms. The summed E-state index contributed by atoms with van der Waals surface area (Å²) in [4.78, 5) is 20.1. The Balaban J connectivity index is 0.000000217. The quantitative estimate of drug-likeness (QED) is 0.786. The van der Waals surface area contributed by atoms with Gasteiger partial charge in [0.2, 0.25) is 0 Å². The number of ketones is 2. The van der Waals surface area contributed by atoms with Gasteiger partial charge in [-0.3, -0.25) is 9.59 Å². The zero-order valence-corrected chi connectivity index (χ0v) is 13.0. The van der Waals surface area contributed by atoms with Gasteiger partial charge in [0, 0.05) is 5.92 Å². The van der Waals surface area contributed by atoms with Crippen molar-refractivity contribution in [3.8, 4) is 0 Å². The van der Waals surface area contributed by atoms with Gasteiger partial charge >= 0.3 is 0 Å². The number of Topliss-reactive ketones (excluding diaryl/α,β-unsaturated/α-hetero) is 2. The van der Waals surface area contributed by atoms with E-state index in [1.54, 1.807) is 0 Å². The van der Waals surface area contributed by atoms with Crippen LogP contribution in [0.2, 0.25) is 0 Å². The van der Waals surface area contributed by atoms with Crippen molar-refractivity contribution < 1.29 is 9.59 Å². The van der Waals surface area contributed by atoms with Crippen molar-refractivity contribution in [2.45, 2.75) is 26.2 Å². The highest BCUT2D eigenvalue weighted by Crippen LogP contribution is 2.34. The van der Waals surface area contributed by atoms with E-state index in [9.17, 15) is 9.59 Å². The van der Waals surface area contributed by atoms with Gasteiger partial charge in [0.1, 0.15) is 11.6 Å². The normalized spacial score (nSPS) is 14.7. The monoisotopic (exact) mass is 292 g/mol. The van der Waals surface area contributed by atoms with Crippen molar-refractivity contribution in [3.63, 3.8) is 0 Å². The van der Waals surface area contributed by atoms with Gasteiger partial charge in [-0.05, 0) is 30.5 Å². The molecule has 3 rings (SSSR count). The summed E-state index contributed by atoms with van der Waals surface area (Å²) in [7, 11) is 0. The van der Waals surface area contributed by atoms with Crippen LogP contribution in [0.4, 0.5) is 0 Å². The Morgan fingerprint density at radius 3 is 2.05 bits per heavy atom. The Bertz CT molecular complexity index is 672. The fourth-order valence-electron chi connectivity index (χ4n) is 2.55. The van der Waals surface area contributed by atoms with Crippen molar-refractivity contribution >= 4 is 17.6 Å². The molecule has 1 atom stereocenters. The van der Waals surface area contributed by atoms with Gasteiger partial charge in [-0.2, -0.15) is 0 Å². The van der Waals surface area contributed by atoms with Crippen LogP contribution in [0.25, 0.3) is 6.08 Å². The zero-order chi connectivity index (χ0) is 15.9. The molecule has 0 saturated carbocycles. The summed E-state index contributed by atoms with van der Waals surface area (Å²) in [6.07, 6.45) is 4.58. The third kappa shape index (κ3) is 4.26. The summed E-state index contributed by atoms with van der Waals surface area (Å²) in [5.41, 5.74) is 4.15. The van der Waals surface area contributed by atoms with Crippen molar-refractivity contribution in [2.24, 2.45) is 0 Å². The molecular formula is C20H20O2. The summed E-state index contributed by atoms with van der Waals surface area (Å²) in [6, 6.07) is 19.2. The van der Waals surface area contributed by atoms with Crippen molar-refractivity contribution in [1.29, 1.82) is 0 Å². The lowest BCUT2D eigenvalue weighted by Crippen LogP contribution is -1.97. The van der Waals surface area contributed by atoms with E-state index in [-0.39, 0.29) is 18.0 Å². The maximum absolute atomic E-state index is 10.0. The van der Waals surface area contributed by atoms with Gasteiger partial charge in [-0.15, -0.1) is 0 Å². The molecule has 0 saturated heterocycles. The Morgan fingerprint density at radius 1 is 0.864 bits per heavy atom. The second kappa shape index (κ2) is 7.51. The van der Waals surface area contributed by atoms with Crippen LogP contribution in [0.15, 0.2) is 60.7 Å². The van der Waals surface area contributed by atoms with E-state index < -0.39 is 0 Å². The molecule has 1 aliphatic carbocycles. The van der Waals surface area contributed by atoms with E-state index in [0.29, 0.717) is 5.92 Å². The number of benzene rings is 2. The highest BCUT2D eigenvalue weighted by Gasteiger charge is 2.17. The molecule has 2 heteroatoms.